The number of anilines is 1. The molecular formula is C13H19ClN2O3S. The van der Waals surface area contributed by atoms with Gasteiger partial charge in [0.25, 0.3) is 0 Å². The molecule has 1 aliphatic rings. The van der Waals surface area contributed by atoms with Crippen LogP contribution < -0.4 is 5.73 Å². The van der Waals surface area contributed by atoms with E-state index in [2.05, 4.69) is 0 Å². The van der Waals surface area contributed by atoms with Crippen molar-refractivity contribution in [2.24, 2.45) is 5.92 Å². The second-order valence-electron chi connectivity index (χ2n) is 5.28. The van der Waals surface area contributed by atoms with Gasteiger partial charge in [-0.05, 0) is 37.0 Å². The molecule has 0 aromatic heterocycles. The minimum absolute atomic E-state index is 0.129. The van der Waals surface area contributed by atoms with E-state index in [4.69, 9.17) is 17.3 Å². The van der Waals surface area contributed by atoms with Crippen LogP contribution in [0.4, 0.5) is 5.69 Å². The van der Waals surface area contributed by atoms with Crippen LogP contribution in [0, 0.1) is 12.8 Å². The first-order valence-electron chi connectivity index (χ1n) is 6.47. The van der Waals surface area contributed by atoms with E-state index in [1.807, 2.05) is 6.92 Å². The van der Waals surface area contributed by atoms with Gasteiger partial charge < -0.3 is 10.8 Å². The number of aliphatic hydroxyl groups is 1. The average Bonchev–Trinajstić information content (AvgIpc) is 2.77. The molecule has 20 heavy (non-hydrogen) atoms. The van der Waals surface area contributed by atoms with Crippen LogP contribution in [-0.2, 0) is 10.0 Å². The summed E-state index contributed by atoms with van der Waals surface area (Å²) >= 11 is 5.97. The molecule has 0 spiro atoms. The maximum Gasteiger partial charge on any atom is 0.243 e. The van der Waals surface area contributed by atoms with Crippen LogP contribution >= 0.6 is 11.6 Å². The Morgan fingerprint density at radius 3 is 2.70 bits per heavy atom. The van der Waals surface area contributed by atoms with E-state index in [9.17, 15) is 13.5 Å². The predicted molar refractivity (Wildman–Crippen MR) is 79.1 cm³/mol. The maximum absolute atomic E-state index is 12.7. The van der Waals surface area contributed by atoms with Gasteiger partial charge in [-0.2, -0.15) is 4.31 Å². The first-order chi connectivity index (χ1) is 9.28. The summed E-state index contributed by atoms with van der Waals surface area (Å²) in [5.74, 6) is 0.139. The number of nitrogens with two attached hydrogens (primary N) is 1. The number of aliphatic hydroxyl groups excluding tert-OH is 1. The van der Waals surface area contributed by atoms with Crippen LogP contribution in [0.5, 0.6) is 0 Å². The fourth-order valence-electron chi connectivity index (χ4n) is 2.59. The number of aryl methyl sites for hydroxylation is 1. The van der Waals surface area contributed by atoms with Crippen molar-refractivity contribution < 1.29 is 13.5 Å². The van der Waals surface area contributed by atoms with Crippen molar-refractivity contribution in [3.05, 3.63) is 22.7 Å². The van der Waals surface area contributed by atoms with Gasteiger partial charge in [0.2, 0.25) is 10.0 Å². The highest BCUT2D eigenvalue weighted by Crippen LogP contribution is 2.33. The fourth-order valence-corrected chi connectivity index (χ4v) is 4.55. The Morgan fingerprint density at radius 2 is 2.15 bits per heavy atom. The summed E-state index contributed by atoms with van der Waals surface area (Å²) < 4.78 is 26.7. The molecule has 0 radical (unpaired) electrons. The van der Waals surface area contributed by atoms with E-state index in [1.54, 1.807) is 6.92 Å². The number of sulfonamides is 1. The minimum Gasteiger partial charge on any atom is -0.397 e. The number of nitrogen functional groups attached to an aromatic ring is 1. The van der Waals surface area contributed by atoms with Crippen molar-refractivity contribution >= 4 is 27.3 Å². The molecule has 5 nitrogen and oxygen atoms in total. The van der Waals surface area contributed by atoms with E-state index in [0.29, 0.717) is 17.1 Å². The number of rotatable bonds is 3. The molecule has 1 saturated heterocycles. The largest absolute Gasteiger partial charge is 0.397 e. The lowest BCUT2D eigenvalue weighted by Gasteiger charge is -2.25. The van der Waals surface area contributed by atoms with Gasteiger partial charge in [-0.15, -0.1) is 0 Å². The van der Waals surface area contributed by atoms with Crippen molar-refractivity contribution in [3.8, 4) is 0 Å². The van der Waals surface area contributed by atoms with E-state index in [0.717, 1.165) is 6.42 Å². The zero-order valence-electron chi connectivity index (χ0n) is 11.5. The van der Waals surface area contributed by atoms with Crippen LogP contribution in [-0.4, -0.2) is 37.0 Å². The van der Waals surface area contributed by atoms with E-state index in [1.165, 1.54) is 16.4 Å². The smallest absolute Gasteiger partial charge is 0.243 e. The molecule has 0 saturated carbocycles. The molecule has 1 fully saturated rings. The third-order valence-corrected chi connectivity index (χ3v) is 6.30. The number of nitrogens with zero attached hydrogens (tertiary/aromatic N) is 1. The van der Waals surface area contributed by atoms with Gasteiger partial charge in [-0.1, -0.05) is 18.5 Å². The first kappa shape index (κ1) is 15.6. The molecule has 1 aromatic carbocycles. The van der Waals surface area contributed by atoms with Crippen molar-refractivity contribution in [1.29, 1.82) is 0 Å². The fraction of sp³-hybridized carbons (Fsp3) is 0.538. The van der Waals surface area contributed by atoms with Crippen molar-refractivity contribution in [2.45, 2.75) is 31.2 Å². The molecule has 7 heteroatoms. The van der Waals surface area contributed by atoms with Crippen LogP contribution in [0.15, 0.2) is 17.0 Å². The van der Waals surface area contributed by atoms with Gasteiger partial charge in [0.05, 0.1) is 28.3 Å². The zero-order chi connectivity index (χ0) is 15.1. The summed E-state index contributed by atoms with van der Waals surface area (Å²) in [6.07, 6.45) is 0.743. The summed E-state index contributed by atoms with van der Waals surface area (Å²) in [6, 6.07) is 2.52. The Labute approximate surface area is 124 Å². The summed E-state index contributed by atoms with van der Waals surface area (Å²) in [4.78, 5) is 0.129. The quantitative estimate of drug-likeness (QED) is 0.830. The lowest BCUT2D eigenvalue weighted by molar-refractivity contribution is 0.191. The molecular weight excluding hydrogens is 300 g/mol. The van der Waals surface area contributed by atoms with Gasteiger partial charge in [-0.3, -0.25) is 0 Å². The Bertz CT molecular complexity index is 595. The third-order valence-electron chi connectivity index (χ3n) is 3.88. The molecule has 0 bridgehead atoms. The van der Waals surface area contributed by atoms with E-state index >= 15 is 0 Å². The lowest BCUT2D eigenvalue weighted by Crippen LogP contribution is -2.39. The summed E-state index contributed by atoms with van der Waals surface area (Å²) in [5, 5.41) is 9.79. The standard InChI is InChI=1S/C13H19ClN2O3S/c1-8-3-4-16(12(8)7-17)20(18,19)10-5-9(2)13(14)11(15)6-10/h5-6,8,12,17H,3-4,7,15H2,1-2H3. The highest BCUT2D eigenvalue weighted by Gasteiger charge is 2.39. The molecule has 1 heterocycles. The van der Waals surface area contributed by atoms with Crippen LogP contribution in [0.2, 0.25) is 5.02 Å². The van der Waals surface area contributed by atoms with Gasteiger partial charge in [0.1, 0.15) is 0 Å². The normalized spacial score (nSPS) is 24.2. The Kier molecular flexibility index (Phi) is 4.30. The second-order valence-corrected chi connectivity index (χ2v) is 7.54. The van der Waals surface area contributed by atoms with Crippen molar-refractivity contribution in [2.75, 3.05) is 18.9 Å². The SMILES string of the molecule is Cc1cc(S(=O)(=O)N2CCC(C)C2CO)cc(N)c1Cl. The summed E-state index contributed by atoms with van der Waals surface area (Å²) in [6.45, 7) is 3.89. The highest BCUT2D eigenvalue weighted by atomic mass is 35.5. The van der Waals surface area contributed by atoms with Crippen molar-refractivity contribution in [3.63, 3.8) is 0 Å². The second kappa shape index (κ2) is 5.52. The molecule has 0 aliphatic carbocycles. The molecule has 3 N–H and O–H groups in total. The van der Waals surface area contributed by atoms with Gasteiger partial charge in [0.15, 0.2) is 0 Å². The van der Waals surface area contributed by atoms with Crippen LogP contribution in [0.1, 0.15) is 18.9 Å². The molecule has 2 unspecified atom stereocenters. The van der Waals surface area contributed by atoms with E-state index < -0.39 is 10.0 Å². The molecule has 0 amide bonds. The topological polar surface area (TPSA) is 83.6 Å². The predicted octanol–water partition coefficient (Wildman–Crippen LogP) is 1.62. The Hall–Kier alpha value is -0.820. The van der Waals surface area contributed by atoms with Gasteiger partial charge in [-0.25, -0.2) is 8.42 Å². The molecule has 1 aliphatic heterocycles. The van der Waals surface area contributed by atoms with Crippen molar-refractivity contribution in [1.82, 2.24) is 4.31 Å². The van der Waals surface area contributed by atoms with Gasteiger partial charge in [0, 0.05) is 6.54 Å². The Balaban J connectivity index is 2.46. The van der Waals surface area contributed by atoms with Gasteiger partial charge >= 0.3 is 0 Å². The molecule has 1 aromatic rings. The molecule has 2 rings (SSSR count). The maximum atomic E-state index is 12.7. The Morgan fingerprint density at radius 1 is 1.50 bits per heavy atom. The van der Waals surface area contributed by atoms with Crippen LogP contribution in [0.25, 0.3) is 0 Å². The monoisotopic (exact) mass is 318 g/mol. The number of hydrogen-bond donors (Lipinski definition) is 2. The highest BCUT2D eigenvalue weighted by molar-refractivity contribution is 7.89. The molecule has 112 valence electrons. The first-order valence-corrected chi connectivity index (χ1v) is 8.29. The lowest BCUT2D eigenvalue weighted by atomic mass is 10.0. The van der Waals surface area contributed by atoms with Crippen LogP contribution in [0.3, 0.4) is 0 Å². The average molecular weight is 319 g/mol. The number of benzene rings is 1. The minimum atomic E-state index is -3.66. The van der Waals surface area contributed by atoms with E-state index in [-0.39, 0.29) is 29.1 Å². The number of halogens is 1. The molecule has 2 atom stereocenters. The summed E-state index contributed by atoms with van der Waals surface area (Å²) in [7, 11) is -3.66. The number of hydrogen-bond acceptors (Lipinski definition) is 4. The third kappa shape index (κ3) is 2.53. The zero-order valence-corrected chi connectivity index (χ0v) is 13.1. The summed E-state index contributed by atoms with van der Waals surface area (Å²) in [5.41, 5.74) is 6.62.